The fraction of sp³-hybridized carbons (Fsp3) is 0.857. The zero-order valence-electron chi connectivity index (χ0n) is 56.0. The molecule has 83 heavy (non-hydrogen) atoms. The van der Waals surface area contributed by atoms with Gasteiger partial charge in [-0.1, -0.05) is 358 Å². The second-order valence-electron chi connectivity index (χ2n) is 25.2. The molecule has 6 heteroatoms. The van der Waals surface area contributed by atoms with Crippen molar-refractivity contribution in [1.82, 2.24) is 0 Å². The molecule has 486 valence electrons. The maximum atomic E-state index is 12.9. The normalized spacial score (nSPS) is 12.3. The van der Waals surface area contributed by atoms with E-state index in [1.807, 2.05) is 0 Å². The van der Waals surface area contributed by atoms with E-state index in [-0.39, 0.29) is 31.1 Å². The molecule has 0 fully saturated rings. The Morgan fingerprint density at radius 2 is 0.446 bits per heavy atom. The first-order valence-corrected chi connectivity index (χ1v) is 37.1. The SMILES string of the molecule is CCCC/C=C\CCCCCCCC(=O)OCC(COC(=O)CCCCCCCCCCCCCCCCCCCCCCCCCCCCCCCCCCC)OC(=O)CCCCCCCC/C=C\C/C=C\C/C=C\CCCCCCC. The van der Waals surface area contributed by atoms with Gasteiger partial charge in [0.15, 0.2) is 6.10 Å². The minimum Gasteiger partial charge on any atom is -0.462 e. The van der Waals surface area contributed by atoms with Gasteiger partial charge in [-0.3, -0.25) is 14.4 Å². The first-order valence-electron chi connectivity index (χ1n) is 37.1. The summed E-state index contributed by atoms with van der Waals surface area (Å²) in [6.07, 6.45) is 91.8. The predicted octanol–water partition coefficient (Wildman–Crippen LogP) is 25.7. The van der Waals surface area contributed by atoms with E-state index in [1.165, 1.54) is 283 Å². The van der Waals surface area contributed by atoms with Gasteiger partial charge in [0.2, 0.25) is 0 Å². The first kappa shape index (κ1) is 80.4. The third-order valence-electron chi connectivity index (χ3n) is 16.8. The van der Waals surface area contributed by atoms with E-state index >= 15 is 0 Å². The molecule has 0 radical (unpaired) electrons. The van der Waals surface area contributed by atoms with Crippen LogP contribution in [-0.4, -0.2) is 37.2 Å². The zero-order valence-corrected chi connectivity index (χ0v) is 56.0. The number of unbranched alkanes of at least 4 members (excludes halogenated alkanes) is 50. The molecule has 0 aromatic carbocycles. The zero-order chi connectivity index (χ0) is 59.9. The van der Waals surface area contributed by atoms with Crippen LogP contribution in [0.1, 0.15) is 406 Å². The number of carbonyl (C=O) groups excluding carboxylic acids is 3. The van der Waals surface area contributed by atoms with Crippen LogP contribution in [0.3, 0.4) is 0 Å². The molecule has 0 rings (SSSR count). The summed E-state index contributed by atoms with van der Waals surface area (Å²) in [5.74, 6) is -0.877. The molecule has 0 saturated carbocycles. The third kappa shape index (κ3) is 70.0. The van der Waals surface area contributed by atoms with E-state index in [0.717, 1.165) is 83.5 Å². The molecule has 0 bridgehead atoms. The van der Waals surface area contributed by atoms with E-state index in [2.05, 4.69) is 69.4 Å². The van der Waals surface area contributed by atoms with Crippen LogP contribution in [0.15, 0.2) is 48.6 Å². The van der Waals surface area contributed by atoms with E-state index in [0.29, 0.717) is 19.3 Å². The summed E-state index contributed by atoms with van der Waals surface area (Å²) >= 11 is 0. The Bertz CT molecular complexity index is 1430. The highest BCUT2D eigenvalue weighted by atomic mass is 16.6. The largest absolute Gasteiger partial charge is 0.462 e. The van der Waals surface area contributed by atoms with Crippen molar-refractivity contribution >= 4 is 17.9 Å². The molecule has 1 atom stereocenters. The Balaban J connectivity index is 4.10. The van der Waals surface area contributed by atoms with Crippen LogP contribution in [0.4, 0.5) is 0 Å². The fourth-order valence-corrected chi connectivity index (χ4v) is 11.2. The first-order chi connectivity index (χ1) is 41.0. The van der Waals surface area contributed by atoms with Gasteiger partial charge in [-0.2, -0.15) is 0 Å². The summed E-state index contributed by atoms with van der Waals surface area (Å²) in [5.41, 5.74) is 0. The van der Waals surface area contributed by atoms with Gasteiger partial charge in [0.1, 0.15) is 13.2 Å². The van der Waals surface area contributed by atoms with Crippen molar-refractivity contribution in [2.24, 2.45) is 0 Å². The number of esters is 3. The van der Waals surface area contributed by atoms with Gasteiger partial charge in [0.25, 0.3) is 0 Å². The monoisotopic (exact) mass is 1160 g/mol. The third-order valence-corrected chi connectivity index (χ3v) is 16.8. The van der Waals surface area contributed by atoms with Gasteiger partial charge in [-0.05, 0) is 77.0 Å². The maximum Gasteiger partial charge on any atom is 0.306 e. The van der Waals surface area contributed by atoms with Crippen molar-refractivity contribution in [2.75, 3.05) is 13.2 Å². The summed E-state index contributed by atoms with van der Waals surface area (Å²) in [6.45, 7) is 6.64. The summed E-state index contributed by atoms with van der Waals surface area (Å²) in [6, 6.07) is 0. The van der Waals surface area contributed by atoms with Gasteiger partial charge < -0.3 is 14.2 Å². The van der Waals surface area contributed by atoms with Crippen LogP contribution in [0.5, 0.6) is 0 Å². The quantitative estimate of drug-likeness (QED) is 0.0261. The molecule has 0 aliphatic carbocycles. The highest BCUT2D eigenvalue weighted by Crippen LogP contribution is 2.19. The van der Waals surface area contributed by atoms with E-state index < -0.39 is 6.10 Å². The average molecular weight is 1160 g/mol. The van der Waals surface area contributed by atoms with E-state index in [9.17, 15) is 14.4 Å². The van der Waals surface area contributed by atoms with Gasteiger partial charge in [0, 0.05) is 19.3 Å². The molecule has 0 aromatic rings. The van der Waals surface area contributed by atoms with Gasteiger partial charge in [0.05, 0.1) is 0 Å². The molecule has 0 heterocycles. The number of allylic oxidation sites excluding steroid dienone is 8. The standard InChI is InChI=1S/C77H142O6/c1-4-7-10-13-16-19-22-24-26-28-30-32-33-34-35-36-37-38-39-40-41-42-43-45-46-48-50-52-55-58-61-64-67-70-76(79)82-73-74(72-81-75(78)69-66-63-60-57-54-21-18-15-12-9-6-3)83-77(80)71-68-65-62-59-56-53-51-49-47-44-31-29-27-25-23-20-17-14-11-8-5-2/h15,18,23,25,29,31,47,49,74H,4-14,16-17,19-22,24,26-28,30,32-46,48,50-73H2,1-3H3/b18-15-,25-23-,31-29-,49-47-. The van der Waals surface area contributed by atoms with E-state index in [4.69, 9.17) is 14.2 Å². The Morgan fingerprint density at radius 1 is 0.241 bits per heavy atom. The smallest absolute Gasteiger partial charge is 0.306 e. The van der Waals surface area contributed by atoms with Crippen LogP contribution in [0.2, 0.25) is 0 Å². The van der Waals surface area contributed by atoms with Crippen molar-refractivity contribution < 1.29 is 28.6 Å². The molecule has 0 spiro atoms. The molecule has 6 nitrogen and oxygen atoms in total. The minimum absolute atomic E-state index is 0.0776. The molecule has 0 amide bonds. The lowest BCUT2D eigenvalue weighted by Crippen LogP contribution is -2.30. The number of hydrogen-bond acceptors (Lipinski definition) is 6. The fourth-order valence-electron chi connectivity index (χ4n) is 11.2. The summed E-state index contributed by atoms with van der Waals surface area (Å²) in [7, 11) is 0. The highest BCUT2D eigenvalue weighted by Gasteiger charge is 2.19. The lowest BCUT2D eigenvalue weighted by Gasteiger charge is -2.18. The Labute approximate surface area is 518 Å². The molecule has 0 aliphatic heterocycles. The predicted molar refractivity (Wildman–Crippen MR) is 362 cm³/mol. The van der Waals surface area contributed by atoms with Gasteiger partial charge in [-0.25, -0.2) is 0 Å². The van der Waals surface area contributed by atoms with Crippen LogP contribution in [-0.2, 0) is 28.6 Å². The molecule has 0 aromatic heterocycles. The summed E-state index contributed by atoms with van der Waals surface area (Å²) in [5, 5.41) is 0. The molecular weight excluding hydrogens is 1020 g/mol. The molecule has 0 saturated heterocycles. The lowest BCUT2D eigenvalue weighted by molar-refractivity contribution is -0.167. The van der Waals surface area contributed by atoms with Crippen LogP contribution in [0.25, 0.3) is 0 Å². The maximum absolute atomic E-state index is 12.9. The van der Waals surface area contributed by atoms with Crippen molar-refractivity contribution in [1.29, 1.82) is 0 Å². The van der Waals surface area contributed by atoms with Crippen LogP contribution < -0.4 is 0 Å². The van der Waals surface area contributed by atoms with E-state index in [1.54, 1.807) is 0 Å². The van der Waals surface area contributed by atoms with Crippen molar-refractivity contribution in [2.45, 2.75) is 412 Å². The molecule has 1 unspecified atom stereocenters. The van der Waals surface area contributed by atoms with Gasteiger partial charge in [-0.15, -0.1) is 0 Å². The topological polar surface area (TPSA) is 78.9 Å². The van der Waals surface area contributed by atoms with Gasteiger partial charge >= 0.3 is 17.9 Å². The Morgan fingerprint density at radius 3 is 0.723 bits per heavy atom. The molecular formula is C77H142O6. The van der Waals surface area contributed by atoms with Crippen LogP contribution >= 0.6 is 0 Å². The number of carbonyl (C=O) groups is 3. The van der Waals surface area contributed by atoms with Crippen molar-refractivity contribution in [3.8, 4) is 0 Å². The number of ether oxygens (including phenoxy) is 3. The van der Waals surface area contributed by atoms with Crippen molar-refractivity contribution in [3.05, 3.63) is 48.6 Å². The van der Waals surface area contributed by atoms with Crippen LogP contribution in [0, 0.1) is 0 Å². The second kappa shape index (κ2) is 71.8. The second-order valence-corrected chi connectivity index (χ2v) is 25.2. The number of hydrogen-bond donors (Lipinski definition) is 0. The highest BCUT2D eigenvalue weighted by molar-refractivity contribution is 5.71. The minimum atomic E-state index is -0.783. The summed E-state index contributed by atoms with van der Waals surface area (Å²) in [4.78, 5) is 38.4. The average Bonchev–Trinajstić information content (AvgIpc) is 3.48. The Kier molecular flexibility index (Phi) is 69.6. The summed E-state index contributed by atoms with van der Waals surface area (Å²) < 4.78 is 17.0. The lowest BCUT2D eigenvalue weighted by atomic mass is 10.0. The molecule has 0 N–H and O–H groups in total. The molecule has 0 aliphatic rings. The van der Waals surface area contributed by atoms with Crippen molar-refractivity contribution in [3.63, 3.8) is 0 Å². The number of rotatable bonds is 69. The Hall–Kier alpha value is -2.63.